The predicted octanol–water partition coefficient (Wildman–Crippen LogP) is 3.47. The number of aromatic nitrogens is 2. The number of carbonyl (C=O) groups is 1. The second-order valence-corrected chi connectivity index (χ2v) is 6.58. The van der Waals surface area contributed by atoms with Gasteiger partial charge in [-0.2, -0.15) is 5.10 Å². The maximum absolute atomic E-state index is 12.5. The van der Waals surface area contributed by atoms with Gasteiger partial charge in [-0.05, 0) is 44.0 Å². The SMILES string of the molecule is CCNCCNC(=O)c1cnn(-c2ccc(C)c(Cl)c2)c1C1CC1.Cl. The topological polar surface area (TPSA) is 58.9 Å². The van der Waals surface area contributed by atoms with Crippen molar-refractivity contribution in [3.05, 3.63) is 46.2 Å². The first-order chi connectivity index (χ1) is 11.6. The van der Waals surface area contributed by atoms with Crippen LogP contribution >= 0.6 is 24.0 Å². The Hall–Kier alpha value is -1.56. The third kappa shape index (κ3) is 4.54. The molecular formula is C18H24Cl2N4O. The van der Waals surface area contributed by atoms with Crippen LogP contribution in [0.5, 0.6) is 0 Å². The van der Waals surface area contributed by atoms with Crippen molar-refractivity contribution in [1.29, 1.82) is 0 Å². The maximum atomic E-state index is 12.5. The van der Waals surface area contributed by atoms with Gasteiger partial charge in [-0.3, -0.25) is 4.79 Å². The number of amides is 1. The molecule has 1 amide bonds. The van der Waals surface area contributed by atoms with E-state index < -0.39 is 0 Å². The minimum atomic E-state index is -0.0562. The molecule has 3 rings (SSSR count). The number of hydrogen-bond donors (Lipinski definition) is 2. The highest BCUT2D eigenvalue weighted by molar-refractivity contribution is 6.31. The Balaban J connectivity index is 0.00000225. The number of benzene rings is 1. The highest BCUT2D eigenvalue weighted by Crippen LogP contribution is 2.42. The first kappa shape index (κ1) is 19.8. The number of rotatable bonds is 7. The van der Waals surface area contributed by atoms with Gasteiger partial charge in [0.15, 0.2) is 0 Å². The van der Waals surface area contributed by atoms with Gasteiger partial charge in [0.05, 0.1) is 23.1 Å². The minimum absolute atomic E-state index is 0. The van der Waals surface area contributed by atoms with E-state index in [1.165, 1.54) is 0 Å². The van der Waals surface area contributed by atoms with Crippen molar-refractivity contribution >= 4 is 29.9 Å². The van der Waals surface area contributed by atoms with Gasteiger partial charge in [-0.25, -0.2) is 4.68 Å². The molecule has 25 heavy (non-hydrogen) atoms. The van der Waals surface area contributed by atoms with E-state index in [1.807, 2.05) is 36.7 Å². The largest absolute Gasteiger partial charge is 0.351 e. The van der Waals surface area contributed by atoms with Gasteiger partial charge in [0.25, 0.3) is 5.91 Å². The van der Waals surface area contributed by atoms with Crippen LogP contribution in [0.15, 0.2) is 24.4 Å². The number of nitrogens with one attached hydrogen (secondary N) is 2. The smallest absolute Gasteiger partial charge is 0.254 e. The van der Waals surface area contributed by atoms with Gasteiger partial charge in [0.2, 0.25) is 0 Å². The lowest BCUT2D eigenvalue weighted by Gasteiger charge is -2.10. The molecule has 5 nitrogen and oxygen atoms in total. The molecule has 2 N–H and O–H groups in total. The number of likely N-dealkylation sites (N-methyl/N-ethyl adjacent to an activating group) is 1. The molecule has 0 unspecified atom stereocenters. The molecule has 7 heteroatoms. The van der Waals surface area contributed by atoms with Crippen molar-refractivity contribution in [2.24, 2.45) is 0 Å². The lowest BCUT2D eigenvalue weighted by molar-refractivity contribution is 0.0953. The van der Waals surface area contributed by atoms with Gasteiger partial charge >= 0.3 is 0 Å². The van der Waals surface area contributed by atoms with Crippen LogP contribution in [0.25, 0.3) is 5.69 Å². The van der Waals surface area contributed by atoms with Crippen molar-refractivity contribution in [2.75, 3.05) is 19.6 Å². The monoisotopic (exact) mass is 382 g/mol. The summed E-state index contributed by atoms with van der Waals surface area (Å²) in [5, 5.41) is 11.3. The third-order valence-electron chi connectivity index (χ3n) is 4.25. The summed E-state index contributed by atoms with van der Waals surface area (Å²) in [6.07, 6.45) is 3.87. The highest BCUT2D eigenvalue weighted by atomic mass is 35.5. The molecule has 2 aromatic rings. The Labute approximate surface area is 159 Å². The van der Waals surface area contributed by atoms with E-state index in [-0.39, 0.29) is 18.3 Å². The molecule has 1 saturated carbocycles. The zero-order chi connectivity index (χ0) is 17.1. The second-order valence-electron chi connectivity index (χ2n) is 6.17. The summed E-state index contributed by atoms with van der Waals surface area (Å²) in [5.74, 6) is 0.348. The average molecular weight is 383 g/mol. The maximum Gasteiger partial charge on any atom is 0.254 e. The van der Waals surface area contributed by atoms with Gasteiger partial charge in [0.1, 0.15) is 0 Å². The average Bonchev–Trinajstić information content (AvgIpc) is 3.32. The van der Waals surface area contributed by atoms with Gasteiger partial charge in [-0.15, -0.1) is 12.4 Å². The Morgan fingerprint density at radius 1 is 1.36 bits per heavy atom. The van der Waals surface area contributed by atoms with E-state index in [9.17, 15) is 4.79 Å². The van der Waals surface area contributed by atoms with Crippen molar-refractivity contribution in [2.45, 2.75) is 32.6 Å². The Morgan fingerprint density at radius 3 is 2.76 bits per heavy atom. The van der Waals surface area contributed by atoms with Crippen LogP contribution in [0.1, 0.15) is 47.3 Å². The molecule has 0 saturated heterocycles. The van der Waals surface area contributed by atoms with Gasteiger partial charge in [-0.1, -0.05) is 24.6 Å². The molecule has 0 bridgehead atoms. The number of carbonyl (C=O) groups excluding carboxylic acids is 1. The van der Waals surface area contributed by atoms with Crippen molar-refractivity contribution in [3.63, 3.8) is 0 Å². The summed E-state index contributed by atoms with van der Waals surface area (Å²) in [5.41, 5.74) is 3.60. The number of hydrogen-bond acceptors (Lipinski definition) is 3. The number of aryl methyl sites for hydroxylation is 1. The van der Waals surface area contributed by atoms with Crippen molar-refractivity contribution < 1.29 is 4.79 Å². The van der Waals surface area contributed by atoms with Crippen LogP contribution in [0, 0.1) is 6.92 Å². The quantitative estimate of drug-likeness (QED) is 0.720. The van der Waals surface area contributed by atoms with Crippen LogP contribution in [0.4, 0.5) is 0 Å². The number of halogens is 2. The van der Waals surface area contributed by atoms with E-state index in [1.54, 1.807) is 6.20 Å². The molecule has 136 valence electrons. The second kappa shape index (κ2) is 8.70. The lowest BCUT2D eigenvalue weighted by Crippen LogP contribution is -2.32. The van der Waals surface area contributed by atoms with Crippen LogP contribution in [0.3, 0.4) is 0 Å². The summed E-state index contributed by atoms with van der Waals surface area (Å²) in [6, 6.07) is 5.88. The van der Waals surface area contributed by atoms with Crippen LogP contribution < -0.4 is 10.6 Å². The summed E-state index contributed by atoms with van der Waals surface area (Å²) in [4.78, 5) is 12.5. The normalized spacial score (nSPS) is 13.4. The van der Waals surface area contributed by atoms with Crippen molar-refractivity contribution in [1.82, 2.24) is 20.4 Å². The molecule has 1 fully saturated rings. The standard InChI is InChI=1S/C18H23ClN4O.ClH/c1-3-20-8-9-21-18(24)15-11-22-23(17(15)13-5-6-13)14-7-4-12(2)16(19)10-14;/h4,7,10-11,13,20H,3,5-6,8-9H2,1-2H3,(H,21,24);1H. The Bertz CT molecular complexity index is 741. The molecule has 0 radical (unpaired) electrons. The first-order valence-corrected chi connectivity index (χ1v) is 8.83. The summed E-state index contributed by atoms with van der Waals surface area (Å²) in [6.45, 7) is 6.29. The first-order valence-electron chi connectivity index (χ1n) is 8.45. The molecule has 1 aromatic carbocycles. The van der Waals surface area contributed by atoms with E-state index in [0.717, 1.165) is 42.9 Å². The van der Waals surface area contributed by atoms with E-state index >= 15 is 0 Å². The molecular weight excluding hydrogens is 359 g/mol. The molecule has 0 aliphatic heterocycles. The minimum Gasteiger partial charge on any atom is -0.351 e. The summed E-state index contributed by atoms with van der Waals surface area (Å²) in [7, 11) is 0. The molecule has 1 heterocycles. The van der Waals surface area contributed by atoms with E-state index in [2.05, 4.69) is 15.7 Å². The molecule has 0 atom stereocenters. The lowest BCUT2D eigenvalue weighted by atomic mass is 10.1. The fraction of sp³-hybridized carbons (Fsp3) is 0.444. The fourth-order valence-corrected chi connectivity index (χ4v) is 2.91. The molecule has 1 aliphatic rings. The molecule has 1 aliphatic carbocycles. The van der Waals surface area contributed by atoms with Crippen molar-refractivity contribution in [3.8, 4) is 5.69 Å². The molecule has 1 aromatic heterocycles. The summed E-state index contributed by atoms with van der Waals surface area (Å²) >= 11 is 6.25. The zero-order valence-electron chi connectivity index (χ0n) is 14.5. The van der Waals surface area contributed by atoms with E-state index in [4.69, 9.17) is 11.6 Å². The van der Waals surface area contributed by atoms with Gasteiger partial charge < -0.3 is 10.6 Å². The third-order valence-corrected chi connectivity index (χ3v) is 4.66. The predicted molar refractivity (Wildman–Crippen MR) is 103 cm³/mol. The van der Waals surface area contributed by atoms with Crippen LogP contribution in [-0.2, 0) is 0 Å². The summed E-state index contributed by atoms with van der Waals surface area (Å²) < 4.78 is 1.86. The van der Waals surface area contributed by atoms with Crippen LogP contribution in [0.2, 0.25) is 5.02 Å². The van der Waals surface area contributed by atoms with E-state index in [0.29, 0.717) is 23.0 Å². The fourth-order valence-electron chi connectivity index (χ4n) is 2.74. The van der Waals surface area contributed by atoms with Gasteiger partial charge in [0, 0.05) is 24.0 Å². The number of nitrogens with zero attached hydrogens (tertiary/aromatic N) is 2. The highest BCUT2D eigenvalue weighted by Gasteiger charge is 2.32. The molecule has 0 spiro atoms. The Morgan fingerprint density at radius 2 is 2.12 bits per heavy atom. The zero-order valence-corrected chi connectivity index (χ0v) is 16.1. The van der Waals surface area contributed by atoms with Crippen LogP contribution in [-0.4, -0.2) is 35.3 Å². The Kier molecular flexibility index (Phi) is 6.87.